The second-order valence-corrected chi connectivity index (χ2v) is 7.83. The molecule has 0 aliphatic carbocycles. The van der Waals surface area contributed by atoms with E-state index in [1.54, 1.807) is 24.3 Å². The van der Waals surface area contributed by atoms with Crippen molar-refractivity contribution in [1.29, 1.82) is 0 Å². The van der Waals surface area contributed by atoms with Crippen LogP contribution < -0.4 is 10.0 Å². The predicted molar refractivity (Wildman–Crippen MR) is 95.6 cm³/mol. The average Bonchev–Trinajstić information content (AvgIpc) is 2.57. The predicted octanol–water partition coefficient (Wildman–Crippen LogP) is 1.61. The Kier molecular flexibility index (Phi) is 8.88. The van der Waals surface area contributed by atoms with Gasteiger partial charge in [-0.05, 0) is 31.0 Å². The summed E-state index contributed by atoms with van der Waals surface area (Å²) in [4.78, 5) is 23.5. The Morgan fingerprint density at radius 2 is 1.88 bits per heavy atom. The summed E-state index contributed by atoms with van der Waals surface area (Å²) >= 11 is 5.77. The minimum Gasteiger partial charge on any atom is -0.454 e. The van der Waals surface area contributed by atoms with Crippen molar-refractivity contribution in [1.82, 2.24) is 10.0 Å². The molecule has 0 spiro atoms. The molecule has 0 aliphatic heterocycles. The fraction of sp³-hybridized carbons (Fsp3) is 0.500. The van der Waals surface area contributed by atoms with Crippen molar-refractivity contribution in [3.63, 3.8) is 0 Å². The van der Waals surface area contributed by atoms with Crippen LogP contribution in [0.15, 0.2) is 24.3 Å². The van der Waals surface area contributed by atoms with E-state index in [9.17, 15) is 18.0 Å². The fourth-order valence-electron chi connectivity index (χ4n) is 1.83. The zero-order chi connectivity index (χ0) is 18.9. The molecule has 1 amide bonds. The minimum absolute atomic E-state index is 0.0529. The van der Waals surface area contributed by atoms with E-state index in [-0.39, 0.29) is 12.3 Å². The monoisotopic (exact) mass is 390 g/mol. The Bertz CT molecular complexity index is 676. The summed E-state index contributed by atoms with van der Waals surface area (Å²) in [7, 11) is -3.54. The van der Waals surface area contributed by atoms with Crippen molar-refractivity contribution in [2.24, 2.45) is 0 Å². The minimum atomic E-state index is -3.54. The maximum Gasteiger partial charge on any atom is 0.324 e. The first-order valence-corrected chi connectivity index (χ1v) is 9.94. The zero-order valence-corrected chi connectivity index (χ0v) is 15.8. The Morgan fingerprint density at radius 1 is 1.24 bits per heavy atom. The van der Waals surface area contributed by atoms with Gasteiger partial charge in [0.1, 0.15) is 6.04 Å². The van der Waals surface area contributed by atoms with Crippen LogP contribution in [0.3, 0.4) is 0 Å². The van der Waals surface area contributed by atoms with Crippen LogP contribution in [0.5, 0.6) is 0 Å². The van der Waals surface area contributed by atoms with Gasteiger partial charge in [-0.15, -0.1) is 0 Å². The summed E-state index contributed by atoms with van der Waals surface area (Å²) in [6, 6.07) is 5.89. The summed E-state index contributed by atoms with van der Waals surface area (Å²) in [6.45, 7) is 3.04. The van der Waals surface area contributed by atoms with Gasteiger partial charge in [-0.3, -0.25) is 9.59 Å². The number of hydrogen-bond donors (Lipinski definition) is 2. The van der Waals surface area contributed by atoms with E-state index in [4.69, 9.17) is 16.3 Å². The van der Waals surface area contributed by atoms with Gasteiger partial charge in [-0.2, -0.15) is 0 Å². The number of amides is 1. The molecule has 0 fully saturated rings. The SMILES string of the molecule is CCCCS(=O)(=O)N[C@@H](C)C(=O)OCC(=O)NCc1ccc(Cl)cc1. The molecule has 0 aromatic heterocycles. The molecule has 1 rings (SSSR count). The molecule has 1 aromatic carbocycles. The van der Waals surface area contributed by atoms with Crippen LogP contribution in [0.25, 0.3) is 0 Å². The Morgan fingerprint density at radius 3 is 2.48 bits per heavy atom. The highest BCUT2D eigenvalue weighted by Crippen LogP contribution is 2.09. The van der Waals surface area contributed by atoms with Crippen LogP contribution in [0.1, 0.15) is 32.3 Å². The normalized spacial score (nSPS) is 12.4. The third-order valence-corrected chi connectivity index (χ3v) is 5.02. The molecule has 140 valence electrons. The van der Waals surface area contributed by atoms with E-state index in [2.05, 4.69) is 10.0 Å². The van der Waals surface area contributed by atoms with Gasteiger partial charge >= 0.3 is 5.97 Å². The van der Waals surface area contributed by atoms with Gasteiger partial charge in [0.15, 0.2) is 6.61 Å². The molecule has 1 aromatic rings. The van der Waals surface area contributed by atoms with Crippen LogP contribution in [0.2, 0.25) is 5.02 Å². The van der Waals surface area contributed by atoms with Crippen molar-refractivity contribution >= 4 is 33.5 Å². The number of sulfonamides is 1. The molecule has 0 aliphatic rings. The number of esters is 1. The van der Waals surface area contributed by atoms with E-state index in [1.807, 2.05) is 6.92 Å². The lowest BCUT2D eigenvalue weighted by Crippen LogP contribution is -2.41. The lowest BCUT2D eigenvalue weighted by molar-refractivity contribution is -0.149. The molecular weight excluding hydrogens is 368 g/mol. The molecule has 1 atom stereocenters. The molecule has 0 heterocycles. The number of nitrogens with one attached hydrogen (secondary N) is 2. The number of halogens is 1. The maximum absolute atomic E-state index is 11.8. The van der Waals surface area contributed by atoms with Gasteiger partial charge in [-0.25, -0.2) is 13.1 Å². The molecule has 0 radical (unpaired) electrons. The summed E-state index contributed by atoms with van der Waals surface area (Å²) in [5.74, 6) is -1.34. The lowest BCUT2D eigenvalue weighted by Gasteiger charge is -2.13. The van der Waals surface area contributed by atoms with Gasteiger partial charge in [0.05, 0.1) is 5.75 Å². The number of carbonyl (C=O) groups is 2. The summed E-state index contributed by atoms with van der Waals surface area (Å²) < 4.78 is 30.5. The molecule has 0 unspecified atom stereocenters. The van der Waals surface area contributed by atoms with Crippen molar-refractivity contribution < 1.29 is 22.7 Å². The number of hydrogen-bond acceptors (Lipinski definition) is 5. The summed E-state index contributed by atoms with van der Waals surface area (Å²) in [6.07, 6.45) is 1.23. The second-order valence-electron chi connectivity index (χ2n) is 5.52. The van der Waals surface area contributed by atoms with Crippen molar-refractivity contribution in [2.75, 3.05) is 12.4 Å². The molecule has 7 nitrogen and oxygen atoms in total. The van der Waals surface area contributed by atoms with E-state index < -0.39 is 34.5 Å². The quantitative estimate of drug-likeness (QED) is 0.591. The van der Waals surface area contributed by atoms with Crippen LogP contribution >= 0.6 is 11.6 Å². The summed E-state index contributed by atoms with van der Waals surface area (Å²) in [5, 5.41) is 3.19. The van der Waals surface area contributed by atoms with E-state index in [0.717, 1.165) is 12.0 Å². The second kappa shape index (κ2) is 10.4. The third-order valence-electron chi connectivity index (χ3n) is 3.22. The third kappa shape index (κ3) is 8.85. The van der Waals surface area contributed by atoms with Crippen molar-refractivity contribution in [3.05, 3.63) is 34.9 Å². The number of unbranched alkanes of at least 4 members (excludes halogenated alkanes) is 1. The number of rotatable bonds is 10. The van der Waals surface area contributed by atoms with E-state index in [0.29, 0.717) is 11.4 Å². The van der Waals surface area contributed by atoms with Gasteiger partial charge < -0.3 is 10.1 Å². The smallest absolute Gasteiger partial charge is 0.324 e. The first-order chi connectivity index (χ1) is 11.7. The lowest BCUT2D eigenvalue weighted by atomic mass is 10.2. The highest BCUT2D eigenvalue weighted by Gasteiger charge is 2.21. The van der Waals surface area contributed by atoms with Crippen LogP contribution in [0, 0.1) is 0 Å². The number of carbonyl (C=O) groups excluding carboxylic acids is 2. The van der Waals surface area contributed by atoms with Crippen molar-refractivity contribution in [3.8, 4) is 0 Å². The Labute approximate surface area is 153 Å². The highest BCUT2D eigenvalue weighted by molar-refractivity contribution is 7.89. The van der Waals surface area contributed by atoms with E-state index >= 15 is 0 Å². The summed E-state index contributed by atoms with van der Waals surface area (Å²) in [5.41, 5.74) is 0.848. The van der Waals surface area contributed by atoms with Gasteiger partial charge in [-0.1, -0.05) is 37.1 Å². The molecule has 0 bridgehead atoms. The highest BCUT2D eigenvalue weighted by atomic mass is 35.5. The van der Waals surface area contributed by atoms with Crippen LogP contribution in [-0.2, 0) is 30.9 Å². The standard InChI is InChI=1S/C16H23ClN2O5S/c1-3-4-9-25(22,23)19-12(2)16(21)24-11-15(20)18-10-13-5-7-14(17)8-6-13/h5-8,12,19H,3-4,9-11H2,1-2H3,(H,18,20)/t12-/m0/s1. The van der Waals surface area contributed by atoms with Gasteiger partial charge in [0.2, 0.25) is 10.0 Å². The topological polar surface area (TPSA) is 102 Å². The molecule has 25 heavy (non-hydrogen) atoms. The molecule has 9 heteroatoms. The van der Waals surface area contributed by atoms with Gasteiger partial charge in [0, 0.05) is 11.6 Å². The fourth-order valence-corrected chi connectivity index (χ4v) is 3.37. The Hall–Kier alpha value is -1.64. The maximum atomic E-state index is 11.8. The van der Waals surface area contributed by atoms with Gasteiger partial charge in [0.25, 0.3) is 5.91 Å². The number of ether oxygens (including phenoxy) is 1. The largest absolute Gasteiger partial charge is 0.454 e. The molecule has 0 saturated carbocycles. The first kappa shape index (κ1) is 21.4. The van der Waals surface area contributed by atoms with Crippen LogP contribution in [-0.4, -0.2) is 38.7 Å². The zero-order valence-electron chi connectivity index (χ0n) is 14.2. The first-order valence-electron chi connectivity index (χ1n) is 7.91. The molecule has 2 N–H and O–H groups in total. The van der Waals surface area contributed by atoms with E-state index in [1.165, 1.54) is 6.92 Å². The van der Waals surface area contributed by atoms with Crippen molar-refractivity contribution in [2.45, 2.75) is 39.3 Å². The molecule has 0 saturated heterocycles. The molecular formula is C16H23ClN2O5S. The Balaban J connectivity index is 2.34. The number of benzene rings is 1. The van der Waals surface area contributed by atoms with Crippen LogP contribution in [0.4, 0.5) is 0 Å². The average molecular weight is 391 g/mol.